The molecular weight excluding hydrogens is 334 g/mol. The van der Waals surface area contributed by atoms with Crippen molar-refractivity contribution in [3.05, 3.63) is 27.2 Å². The topological polar surface area (TPSA) is 90.9 Å². The van der Waals surface area contributed by atoms with Crippen LogP contribution in [0.1, 0.15) is 53.4 Å². The maximum absolute atomic E-state index is 13.0. The van der Waals surface area contributed by atoms with Gasteiger partial charge >= 0.3 is 5.69 Å². The van der Waals surface area contributed by atoms with Crippen molar-refractivity contribution in [3.8, 4) is 0 Å². The molecule has 0 fully saturated rings. The molecule has 26 heavy (non-hydrogen) atoms. The Morgan fingerprint density at radius 2 is 1.88 bits per heavy atom. The van der Waals surface area contributed by atoms with Gasteiger partial charge in [-0.15, -0.1) is 0 Å². The molecule has 2 rings (SSSR count). The third-order valence-electron chi connectivity index (χ3n) is 4.50. The van der Waals surface area contributed by atoms with Crippen LogP contribution < -0.4 is 16.6 Å². The van der Waals surface area contributed by atoms with Crippen LogP contribution in [0, 0.1) is 0 Å². The number of hydrogen-bond acceptors (Lipinski definition) is 4. The first-order chi connectivity index (χ1) is 12.4. The van der Waals surface area contributed by atoms with E-state index in [0.717, 1.165) is 30.3 Å². The molecule has 1 atom stereocenters. The van der Waals surface area contributed by atoms with E-state index in [1.165, 1.54) is 4.57 Å². The number of carbonyl (C=O) groups is 1. The maximum Gasteiger partial charge on any atom is 0.333 e. The second kappa shape index (κ2) is 8.82. The smallest absolute Gasteiger partial charge is 0.333 e. The summed E-state index contributed by atoms with van der Waals surface area (Å²) in [5, 5.41) is 2.81. The summed E-state index contributed by atoms with van der Waals surface area (Å²) in [6.07, 6.45) is 5.01. The molecular formula is C18H29N5O3. The number of unbranched alkanes of at least 4 members (excludes halogenated alkanes) is 1. The highest BCUT2D eigenvalue weighted by Gasteiger charge is 2.19. The average Bonchev–Trinajstić information content (AvgIpc) is 3.04. The highest BCUT2D eigenvalue weighted by atomic mass is 16.2. The molecule has 8 heteroatoms. The summed E-state index contributed by atoms with van der Waals surface area (Å²) in [6, 6.07) is -0.00474. The Morgan fingerprint density at radius 3 is 2.50 bits per heavy atom. The van der Waals surface area contributed by atoms with Gasteiger partial charge in [0.2, 0.25) is 5.91 Å². The molecule has 0 aliphatic rings. The molecule has 0 saturated carbocycles. The van der Waals surface area contributed by atoms with Gasteiger partial charge in [-0.25, -0.2) is 14.3 Å². The Kier molecular flexibility index (Phi) is 6.76. The summed E-state index contributed by atoms with van der Waals surface area (Å²) in [7, 11) is 0. The minimum Gasteiger partial charge on any atom is -0.352 e. The van der Waals surface area contributed by atoms with E-state index < -0.39 is 11.2 Å². The number of fused-ring (bicyclic) bond motifs is 1. The molecule has 0 radical (unpaired) electrons. The number of aryl methyl sites for hydroxylation is 2. The van der Waals surface area contributed by atoms with Gasteiger partial charge < -0.3 is 9.88 Å². The number of nitrogens with one attached hydrogen (secondary N) is 1. The number of nitrogens with zero attached hydrogens (tertiary/aromatic N) is 4. The predicted octanol–water partition coefficient (Wildman–Crippen LogP) is 1.48. The minimum atomic E-state index is -0.482. The van der Waals surface area contributed by atoms with Crippen molar-refractivity contribution in [1.82, 2.24) is 24.0 Å². The zero-order chi connectivity index (χ0) is 19.3. The van der Waals surface area contributed by atoms with Crippen LogP contribution in [0.5, 0.6) is 0 Å². The van der Waals surface area contributed by atoms with Crippen molar-refractivity contribution in [2.24, 2.45) is 0 Å². The highest BCUT2D eigenvalue weighted by Crippen LogP contribution is 2.09. The van der Waals surface area contributed by atoms with Crippen LogP contribution in [0.3, 0.4) is 0 Å². The Bertz CT molecular complexity index is 877. The van der Waals surface area contributed by atoms with Crippen LogP contribution >= 0.6 is 0 Å². The zero-order valence-electron chi connectivity index (χ0n) is 16.1. The van der Waals surface area contributed by atoms with Crippen LogP contribution in [0.25, 0.3) is 11.2 Å². The lowest BCUT2D eigenvalue weighted by molar-refractivity contribution is -0.122. The Morgan fingerprint density at radius 1 is 1.15 bits per heavy atom. The van der Waals surface area contributed by atoms with E-state index in [9.17, 15) is 14.4 Å². The number of carbonyl (C=O) groups excluding carboxylic acids is 1. The highest BCUT2D eigenvalue weighted by molar-refractivity contribution is 5.76. The summed E-state index contributed by atoms with van der Waals surface area (Å²) in [6.45, 7) is 8.71. The number of aromatic nitrogens is 4. The standard InChI is InChI=1S/C18H29N5O3/c1-5-8-10-21-12-19-16-15(21)17(25)23(18(26)22(16)9-6-2)11-14(24)20-13(4)7-3/h12-13H,5-11H2,1-4H3,(H,20,24)/t13-/m1/s1. The average molecular weight is 363 g/mol. The van der Waals surface area contributed by atoms with Crippen LogP contribution in [0.2, 0.25) is 0 Å². The van der Waals surface area contributed by atoms with Gasteiger partial charge in [0.05, 0.1) is 6.33 Å². The van der Waals surface area contributed by atoms with Crippen molar-refractivity contribution >= 4 is 17.1 Å². The van der Waals surface area contributed by atoms with Gasteiger partial charge in [-0.3, -0.25) is 14.2 Å². The quantitative estimate of drug-likeness (QED) is 0.731. The molecule has 144 valence electrons. The van der Waals surface area contributed by atoms with Gasteiger partial charge in [-0.2, -0.15) is 0 Å². The van der Waals surface area contributed by atoms with Crippen molar-refractivity contribution in [2.75, 3.05) is 0 Å². The van der Waals surface area contributed by atoms with E-state index in [-0.39, 0.29) is 18.5 Å². The third-order valence-corrected chi connectivity index (χ3v) is 4.50. The first-order valence-electron chi connectivity index (χ1n) is 9.42. The Hall–Kier alpha value is -2.38. The fourth-order valence-corrected chi connectivity index (χ4v) is 2.87. The van der Waals surface area contributed by atoms with Gasteiger partial charge in [0.15, 0.2) is 11.2 Å². The van der Waals surface area contributed by atoms with Gasteiger partial charge in [0.25, 0.3) is 5.56 Å². The lowest BCUT2D eigenvalue weighted by atomic mass is 10.2. The summed E-state index contributed by atoms with van der Waals surface area (Å²) in [4.78, 5) is 42.3. The van der Waals surface area contributed by atoms with E-state index in [1.54, 1.807) is 10.9 Å². The summed E-state index contributed by atoms with van der Waals surface area (Å²) >= 11 is 0. The second-order valence-electron chi connectivity index (χ2n) is 6.67. The molecule has 2 heterocycles. The van der Waals surface area contributed by atoms with Crippen LogP contribution in [0.4, 0.5) is 0 Å². The minimum absolute atomic E-state index is 0.00474. The normalized spacial score (nSPS) is 12.5. The van der Waals surface area contributed by atoms with E-state index in [1.807, 2.05) is 20.8 Å². The summed E-state index contributed by atoms with van der Waals surface area (Å²) < 4.78 is 4.31. The van der Waals surface area contributed by atoms with Crippen LogP contribution in [-0.4, -0.2) is 30.6 Å². The van der Waals surface area contributed by atoms with E-state index >= 15 is 0 Å². The first kappa shape index (κ1) is 19.9. The molecule has 0 aliphatic heterocycles. The molecule has 0 aliphatic carbocycles. The van der Waals surface area contributed by atoms with Crippen molar-refractivity contribution in [1.29, 1.82) is 0 Å². The van der Waals surface area contributed by atoms with Gasteiger partial charge in [-0.1, -0.05) is 27.2 Å². The number of imidazole rings is 1. The molecule has 0 spiro atoms. The van der Waals surface area contributed by atoms with Crippen molar-refractivity contribution < 1.29 is 4.79 Å². The van der Waals surface area contributed by atoms with E-state index in [2.05, 4.69) is 17.2 Å². The maximum atomic E-state index is 13.0. The third kappa shape index (κ3) is 4.05. The number of amides is 1. The van der Waals surface area contributed by atoms with Gasteiger partial charge in [0.1, 0.15) is 6.54 Å². The zero-order valence-corrected chi connectivity index (χ0v) is 16.1. The van der Waals surface area contributed by atoms with Crippen molar-refractivity contribution in [2.45, 2.75) is 79.1 Å². The van der Waals surface area contributed by atoms with E-state index in [0.29, 0.717) is 24.3 Å². The summed E-state index contributed by atoms with van der Waals surface area (Å²) in [5.41, 5.74) is -0.144. The summed E-state index contributed by atoms with van der Waals surface area (Å²) in [5.74, 6) is -0.333. The molecule has 0 bridgehead atoms. The SMILES string of the molecule is CCCCn1cnc2c1c(=O)n(CC(=O)N[C@H](C)CC)c(=O)n2CCC. The number of hydrogen-bond donors (Lipinski definition) is 1. The largest absolute Gasteiger partial charge is 0.352 e. The molecule has 0 unspecified atom stereocenters. The van der Waals surface area contributed by atoms with Crippen molar-refractivity contribution in [3.63, 3.8) is 0 Å². The second-order valence-corrected chi connectivity index (χ2v) is 6.67. The van der Waals surface area contributed by atoms with Gasteiger partial charge in [0, 0.05) is 19.1 Å². The first-order valence-corrected chi connectivity index (χ1v) is 9.42. The molecule has 2 aromatic rings. The Balaban J connectivity index is 2.56. The molecule has 2 aromatic heterocycles. The lowest BCUT2D eigenvalue weighted by Gasteiger charge is -2.14. The molecule has 1 N–H and O–H groups in total. The fourth-order valence-electron chi connectivity index (χ4n) is 2.87. The lowest BCUT2D eigenvalue weighted by Crippen LogP contribution is -2.45. The molecule has 0 aromatic carbocycles. The monoisotopic (exact) mass is 363 g/mol. The van der Waals surface area contributed by atoms with Crippen LogP contribution in [0.15, 0.2) is 15.9 Å². The number of rotatable bonds is 9. The molecule has 1 amide bonds. The molecule has 0 saturated heterocycles. The fraction of sp³-hybridized carbons (Fsp3) is 0.667. The predicted molar refractivity (Wildman–Crippen MR) is 101 cm³/mol. The van der Waals surface area contributed by atoms with E-state index in [4.69, 9.17) is 0 Å². The van der Waals surface area contributed by atoms with Gasteiger partial charge in [-0.05, 0) is 26.2 Å². The Labute approximate surface area is 152 Å². The van der Waals surface area contributed by atoms with Crippen LogP contribution in [-0.2, 0) is 24.4 Å². The molecule has 8 nitrogen and oxygen atoms in total.